The Morgan fingerprint density at radius 1 is 0.326 bits per heavy atom. The van der Waals surface area contributed by atoms with Crippen LogP contribution in [0.3, 0.4) is 0 Å². The summed E-state index contributed by atoms with van der Waals surface area (Å²) < 4.78 is 5.35. The summed E-state index contributed by atoms with van der Waals surface area (Å²) in [6.07, 6.45) is 0. The molecular weight excluding hydrogens is 559 g/mol. The van der Waals surface area contributed by atoms with Gasteiger partial charge in [-0.25, -0.2) is 0 Å². The zero-order valence-electron chi connectivity index (χ0n) is 23.2. The molecule has 2 aromatic heterocycles. The summed E-state index contributed by atoms with van der Waals surface area (Å²) in [6, 6.07) is 55.2. The summed E-state index contributed by atoms with van der Waals surface area (Å²) in [5, 5.41) is 7.91. The van der Waals surface area contributed by atoms with Gasteiger partial charge < -0.3 is 4.90 Å². The van der Waals surface area contributed by atoms with E-state index in [1.807, 2.05) is 22.7 Å². The van der Waals surface area contributed by atoms with Gasteiger partial charge >= 0.3 is 0 Å². The van der Waals surface area contributed by atoms with E-state index in [0.717, 1.165) is 17.1 Å². The smallest absolute Gasteiger partial charge is 0.0468 e. The molecular formula is C40H25NS2. The van der Waals surface area contributed by atoms with Crippen LogP contribution >= 0.6 is 22.7 Å². The maximum absolute atomic E-state index is 2.45. The number of hydrogen-bond donors (Lipinski definition) is 0. The monoisotopic (exact) mass is 583 g/mol. The van der Waals surface area contributed by atoms with E-state index in [4.69, 9.17) is 0 Å². The van der Waals surface area contributed by atoms with Crippen molar-refractivity contribution in [3.05, 3.63) is 152 Å². The molecule has 9 aromatic rings. The number of hydrogen-bond acceptors (Lipinski definition) is 3. The normalized spacial score (nSPS) is 11.7. The van der Waals surface area contributed by atoms with Gasteiger partial charge in [-0.1, -0.05) is 97.1 Å². The van der Waals surface area contributed by atoms with E-state index in [0.29, 0.717) is 0 Å². The van der Waals surface area contributed by atoms with Crippen LogP contribution in [0.1, 0.15) is 0 Å². The zero-order valence-corrected chi connectivity index (χ0v) is 24.8. The Morgan fingerprint density at radius 3 is 1.67 bits per heavy atom. The standard InChI is InChI=1S/C40H25NS2/c1-3-12-26(13-4-1)41(27-14-5-2-6-15-27)28-22-23-38-35(24-28)36-25-34(29-16-7-8-18-31(29)40(36)43-38)33-20-11-19-32-30-17-9-10-21-37(30)42-39(32)33/h1-25H. The quantitative estimate of drug-likeness (QED) is 0.199. The number of thiophene rings is 2. The van der Waals surface area contributed by atoms with Crippen molar-refractivity contribution in [2.45, 2.75) is 0 Å². The van der Waals surface area contributed by atoms with E-state index in [9.17, 15) is 0 Å². The van der Waals surface area contributed by atoms with Crippen molar-refractivity contribution in [2.24, 2.45) is 0 Å². The summed E-state index contributed by atoms with van der Waals surface area (Å²) in [7, 11) is 0. The second-order valence-corrected chi connectivity index (χ2v) is 13.0. The lowest BCUT2D eigenvalue weighted by molar-refractivity contribution is 1.29. The molecule has 7 aromatic carbocycles. The maximum atomic E-state index is 2.45. The molecule has 0 spiro atoms. The van der Waals surface area contributed by atoms with E-state index in [1.54, 1.807) is 0 Å². The van der Waals surface area contributed by atoms with Crippen molar-refractivity contribution in [2.75, 3.05) is 4.90 Å². The molecule has 1 nitrogen and oxygen atoms in total. The van der Waals surface area contributed by atoms with E-state index in [1.165, 1.54) is 62.2 Å². The summed E-state index contributed by atoms with van der Waals surface area (Å²) in [6.45, 7) is 0. The zero-order chi connectivity index (χ0) is 28.3. The van der Waals surface area contributed by atoms with E-state index in [2.05, 4.69) is 157 Å². The van der Waals surface area contributed by atoms with Crippen molar-refractivity contribution in [1.29, 1.82) is 0 Å². The molecule has 0 amide bonds. The highest BCUT2D eigenvalue weighted by atomic mass is 32.1. The second kappa shape index (κ2) is 9.81. The lowest BCUT2D eigenvalue weighted by atomic mass is 9.94. The topological polar surface area (TPSA) is 3.24 Å². The summed E-state index contributed by atoms with van der Waals surface area (Å²) in [5.41, 5.74) is 6.06. The van der Waals surface area contributed by atoms with Gasteiger partial charge in [0.1, 0.15) is 0 Å². The van der Waals surface area contributed by atoms with Crippen LogP contribution in [0.5, 0.6) is 0 Å². The molecule has 0 fully saturated rings. The van der Waals surface area contributed by atoms with E-state index < -0.39 is 0 Å². The fraction of sp³-hybridized carbons (Fsp3) is 0. The average Bonchev–Trinajstić information content (AvgIpc) is 3.64. The van der Waals surface area contributed by atoms with E-state index >= 15 is 0 Å². The first kappa shape index (κ1) is 24.6. The minimum Gasteiger partial charge on any atom is -0.310 e. The van der Waals surface area contributed by atoms with Gasteiger partial charge in [0, 0.05) is 68.4 Å². The van der Waals surface area contributed by atoms with Crippen LogP contribution in [-0.4, -0.2) is 0 Å². The highest BCUT2D eigenvalue weighted by molar-refractivity contribution is 7.27. The molecule has 0 atom stereocenters. The van der Waals surface area contributed by atoms with Gasteiger partial charge in [0.15, 0.2) is 0 Å². The molecule has 0 aliphatic carbocycles. The number of para-hydroxylation sites is 2. The molecule has 0 aliphatic heterocycles. The molecule has 202 valence electrons. The van der Waals surface area contributed by atoms with Crippen molar-refractivity contribution >= 4 is 90.9 Å². The van der Waals surface area contributed by atoms with Gasteiger partial charge in [-0.15, -0.1) is 22.7 Å². The SMILES string of the molecule is c1ccc(N(c2ccccc2)c2ccc3sc4c5ccccc5c(-c5cccc6c5sc5ccccc56)cc4c3c2)cc1. The molecule has 0 N–H and O–H groups in total. The maximum Gasteiger partial charge on any atom is 0.0468 e. The molecule has 0 aliphatic rings. The number of benzene rings is 7. The van der Waals surface area contributed by atoms with Crippen LogP contribution in [0, 0.1) is 0 Å². The molecule has 0 saturated heterocycles. The Balaban J connectivity index is 1.33. The molecule has 0 unspecified atom stereocenters. The van der Waals surface area contributed by atoms with Crippen molar-refractivity contribution < 1.29 is 0 Å². The van der Waals surface area contributed by atoms with Crippen LogP contribution < -0.4 is 4.90 Å². The Bertz CT molecular complexity index is 2410. The number of rotatable bonds is 4. The molecule has 2 heterocycles. The lowest BCUT2D eigenvalue weighted by Crippen LogP contribution is -2.09. The molecule has 0 bridgehead atoms. The third kappa shape index (κ3) is 3.90. The third-order valence-corrected chi connectivity index (χ3v) is 10.9. The summed E-state index contributed by atoms with van der Waals surface area (Å²) >= 11 is 3.80. The predicted molar refractivity (Wildman–Crippen MR) is 190 cm³/mol. The van der Waals surface area contributed by atoms with Crippen LogP contribution in [0.15, 0.2) is 152 Å². The summed E-state index contributed by atoms with van der Waals surface area (Å²) in [5.74, 6) is 0. The van der Waals surface area contributed by atoms with Crippen LogP contribution in [0.2, 0.25) is 0 Å². The first-order valence-electron chi connectivity index (χ1n) is 14.5. The van der Waals surface area contributed by atoms with Gasteiger partial charge in [-0.05, 0) is 65.5 Å². The van der Waals surface area contributed by atoms with Gasteiger partial charge in [-0.3, -0.25) is 0 Å². The molecule has 3 heteroatoms. The number of fused-ring (bicyclic) bond motifs is 8. The minimum atomic E-state index is 1.15. The van der Waals surface area contributed by atoms with Crippen LogP contribution in [0.4, 0.5) is 17.1 Å². The molecule has 43 heavy (non-hydrogen) atoms. The lowest BCUT2D eigenvalue weighted by Gasteiger charge is -2.25. The Hall–Kier alpha value is -4.96. The van der Waals surface area contributed by atoms with Crippen molar-refractivity contribution in [3.63, 3.8) is 0 Å². The second-order valence-electron chi connectivity index (χ2n) is 10.9. The predicted octanol–water partition coefficient (Wildman–Crippen LogP) is 12.7. The largest absolute Gasteiger partial charge is 0.310 e. The highest BCUT2D eigenvalue weighted by Gasteiger charge is 2.18. The fourth-order valence-electron chi connectivity index (χ4n) is 6.51. The number of anilines is 3. The van der Waals surface area contributed by atoms with Crippen molar-refractivity contribution in [3.8, 4) is 11.1 Å². The fourth-order valence-corrected chi connectivity index (χ4v) is 8.94. The van der Waals surface area contributed by atoms with Gasteiger partial charge in [0.05, 0.1) is 0 Å². The molecule has 9 rings (SSSR count). The Morgan fingerprint density at radius 2 is 0.907 bits per heavy atom. The minimum absolute atomic E-state index is 1.15. The Kier molecular flexibility index (Phi) is 5.62. The van der Waals surface area contributed by atoms with Gasteiger partial charge in [0.25, 0.3) is 0 Å². The van der Waals surface area contributed by atoms with Crippen LogP contribution in [-0.2, 0) is 0 Å². The first-order valence-corrected chi connectivity index (χ1v) is 16.2. The summed E-state index contributed by atoms with van der Waals surface area (Å²) in [4.78, 5) is 2.35. The Labute approximate surface area is 257 Å². The molecule has 0 radical (unpaired) electrons. The van der Waals surface area contributed by atoms with Gasteiger partial charge in [0.2, 0.25) is 0 Å². The molecule has 0 saturated carbocycles. The highest BCUT2D eigenvalue weighted by Crippen LogP contribution is 2.47. The van der Waals surface area contributed by atoms with E-state index in [-0.39, 0.29) is 0 Å². The first-order chi connectivity index (χ1) is 21.3. The van der Waals surface area contributed by atoms with Crippen LogP contribution in [0.25, 0.3) is 62.2 Å². The number of nitrogens with zero attached hydrogens (tertiary/aromatic N) is 1. The third-order valence-electron chi connectivity index (χ3n) is 8.44. The van der Waals surface area contributed by atoms with Gasteiger partial charge in [-0.2, -0.15) is 0 Å². The average molecular weight is 584 g/mol. The van der Waals surface area contributed by atoms with Crippen molar-refractivity contribution in [1.82, 2.24) is 0 Å².